The van der Waals surface area contributed by atoms with Crippen LogP contribution in [0.15, 0.2) is 24.3 Å². The maximum atomic E-state index is 11.9. The molecule has 110 valence electrons. The lowest BCUT2D eigenvalue weighted by Gasteiger charge is -2.09. The molecule has 0 aliphatic carbocycles. The average Bonchev–Trinajstić information content (AvgIpc) is 2.38. The molecule has 0 spiro atoms. The summed E-state index contributed by atoms with van der Waals surface area (Å²) < 4.78 is 26.3. The topological polar surface area (TPSA) is 82.0 Å². The van der Waals surface area contributed by atoms with Crippen molar-refractivity contribution < 1.29 is 8.42 Å². The fourth-order valence-electron chi connectivity index (χ4n) is 1.65. The lowest BCUT2D eigenvalue weighted by molar-refractivity contribution is 0.554. The van der Waals surface area contributed by atoms with Gasteiger partial charge in [-0.15, -0.1) is 0 Å². The van der Waals surface area contributed by atoms with Gasteiger partial charge in [-0.05, 0) is 30.7 Å². The van der Waals surface area contributed by atoms with Gasteiger partial charge in [0.1, 0.15) is 0 Å². The smallest absolute Gasteiger partial charge is 0.215 e. The summed E-state index contributed by atoms with van der Waals surface area (Å²) in [6.07, 6.45) is 0.755. The molecule has 2 N–H and O–H groups in total. The van der Waals surface area contributed by atoms with Crippen LogP contribution in [0.25, 0.3) is 0 Å². The van der Waals surface area contributed by atoms with E-state index in [1.54, 1.807) is 24.3 Å². The maximum Gasteiger partial charge on any atom is 0.215 e. The van der Waals surface area contributed by atoms with Gasteiger partial charge in [0, 0.05) is 12.6 Å². The van der Waals surface area contributed by atoms with Crippen LogP contribution in [0.5, 0.6) is 0 Å². The molecule has 1 aromatic rings. The summed E-state index contributed by atoms with van der Waals surface area (Å²) in [5, 5.41) is 11.9. The highest BCUT2D eigenvalue weighted by Gasteiger charge is 2.10. The van der Waals surface area contributed by atoms with Gasteiger partial charge in [-0.2, -0.15) is 5.26 Å². The fraction of sp³-hybridized carbons (Fsp3) is 0.500. The highest BCUT2D eigenvalue weighted by molar-refractivity contribution is 7.88. The van der Waals surface area contributed by atoms with Gasteiger partial charge >= 0.3 is 0 Å². The van der Waals surface area contributed by atoms with Crippen molar-refractivity contribution in [2.24, 2.45) is 0 Å². The molecule has 0 atom stereocenters. The summed E-state index contributed by atoms with van der Waals surface area (Å²) in [5.74, 6) is -0.0592. The molecule has 20 heavy (non-hydrogen) atoms. The summed E-state index contributed by atoms with van der Waals surface area (Å²) >= 11 is 0. The van der Waals surface area contributed by atoms with E-state index in [-0.39, 0.29) is 5.75 Å². The Labute approximate surface area is 121 Å². The Hall–Kier alpha value is -1.42. The van der Waals surface area contributed by atoms with E-state index in [1.807, 2.05) is 6.07 Å². The first kappa shape index (κ1) is 16.6. The Morgan fingerprint density at radius 3 is 2.40 bits per heavy atom. The Morgan fingerprint density at radius 1 is 1.20 bits per heavy atom. The van der Waals surface area contributed by atoms with E-state index in [1.165, 1.54) is 0 Å². The molecule has 0 radical (unpaired) electrons. The molecule has 0 bridgehead atoms. The van der Waals surface area contributed by atoms with Gasteiger partial charge in [-0.3, -0.25) is 0 Å². The van der Waals surface area contributed by atoms with E-state index in [4.69, 9.17) is 5.26 Å². The molecular weight excluding hydrogens is 274 g/mol. The molecule has 1 rings (SSSR count). The van der Waals surface area contributed by atoms with E-state index >= 15 is 0 Å². The summed E-state index contributed by atoms with van der Waals surface area (Å²) in [7, 11) is -3.32. The van der Waals surface area contributed by atoms with Crippen molar-refractivity contribution >= 4 is 10.0 Å². The number of benzene rings is 1. The van der Waals surface area contributed by atoms with E-state index in [9.17, 15) is 8.42 Å². The van der Waals surface area contributed by atoms with Crippen molar-refractivity contribution in [3.8, 4) is 6.07 Å². The predicted octanol–water partition coefficient (Wildman–Crippen LogP) is 1.37. The molecule has 0 aromatic heterocycles. The van der Waals surface area contributed by atoms with Gasteiger partial charge in [0.2, 0.25) is 10.0 Å². The first-order valence-corrected chi connectivity index (χ1v) is 8.28. The minimum Gasteiger partial charge on any atom is -0.314 e. The Morgan fingerprint density at radius 2 is 1.85 bits per heavy atom. The van der Waals surface area contributed by atoms with E-state index < -0.39 is 10.0 Å². The Balaban J connectivity index is 2.39. The highest BCUT2D eigenvalue weighted by Crippen LogP contribution is 2.07. The van der Waals surface area contributed by atoms with Crippen LogP contribution in [0.1, 0.15) is 31.4 Å². The molecule has 0 saturated heterocycles. The SMILES string of the molecule is CC(C)NCCCNS(=O)(=O)Cc1ccc(C#N)cc1. The molecule has 0 amide bonds. The second-order valence-corrected chi connectivity index (χ2v) is 6.73. The van der Waals surface area contributed by atoms with Gasteiger partial charge in [0.25, 0.3) is 0 Å². The largest absolute Gasteiger partial charge is 0.314 e. The number of nitrogens with zero attached hydrogens (tertiary/aromatic N) is 1. The third-order valence-electron chi connectivity index (χ3n) is 2.67. The number of hydrogen-bond acceptors (Lipinski definition) is 4. The Kier molecular flexibility index (Phi) is 6.65. The number of hydrogen-bond donors (Lipinski definition) is 2. The Bertz CT molecular complexity index is 545. The lowest BCUT2D eigenvalue weighted by atomic mass is 10.2. The van der Waals surface area contributed by atoms with E-state index in [0.29, 0.717) is 23.7 Å². The molecule has 0 aliphatic rings. The van der Waals surface area contributed by atoms with Crippen molar-refractivity contribution in [2.45, 2.75) is 32.1 Å². The number of nitrogens with one attached hydrogen (secondary N) is 2. The minimum atomic E-state index is -3.32. The van der Waals surface area contributed by atoms with E-state index in [2.05, 4.69) is 23.9 Å². The van der Waals surface area contributed by atoms with Crippen molar-refractivity contribution in [2.75, 3.05) is 13.1 Å². The second-order valence-electron chi connectivity index (χ2n) is 4.92. The summed E-state index contributed by atoms with van der Waals surface area (Å²) in [6, 6.07) is 8.98. The van der Waals surface area contributed by atoms with Crippen molar-refractivity contribution in [1.82, 2.24) is 10.0 Å². The number of rotatable bonds is 8. The third-order valence-corrected chi connectivity index (χ3v) is 4.03. The van der Waals surface area contributed by atoms with Crippen LogP contribution in [-0.2, 0) is 15.8 Å². The molecule has 6 heteroatoms. The first-order valence-electron chi connectivity index (χ1n) is 6.63. The normalized spacial score (nSPS) is 11.5. The summed E-state index contributed by atoms with van der Waals surface area (Å²) in [4.78, 5) is 0. The van der Waals surface area contributed by atoms with Gasteiger partial charge < -0.3 is 5.32 Å². The molecule has 5 nitrogen and oxygen atoms in total. The maximum absolute atomic E-state index is 11.9. The van der Waals surface area contributed by atoms with Crippen molar-refractivity contribution in [3.05, 3.63) is 35.4 Å². The van der Waals surface area contributed by atoms with Crippen LogP contribution in [0, 0.1) is 11.3 Å². The van der Waals surface area contributed by atoms with Crippen LogP contribution in [0.2, 0.25) is 0 Å². The molecule has 0 heterocycles. The summed E-state index contributed by atoms with van der Waals surface area (Å²) in [5.41, 5.74) is 1.20. The van der Waals surface area contributed by atoms with Crippen LogP contribution in [-0.4, -0.2) is 27.5 Å². The van der Waals surface area contributed by atoms with Gasteiger partial charge in [0.05, 0.1) is 17.4 Å². The molecule has 0 aliphatic heterocycles. The molecule has 0 unspecified atom stereocenters. The molecule has 1 aromatic carbocycles. The van der Waals surface area contributed by atoms with Crippen LogP contribution < -0.4 is 10.0 Å². The first-order chi connectivity index (χ1) is 9.43. The average molecular weight is 295 g/mol. The molecule has 0 saturated carbocycles. The van der Waals surface area contributed by atoms with Crippen LogP contribution >= 0.6 is 0 Å². The van der Waals surface area contributed by atoms with Gasteiger partial charge in [-0.25, -0.2) is 13.1 Å². The highest BCUT2D eigenvalue weighted by atomic mass is 32.2. The zero-order valence-electron chi connectivity index (χ0n) is 11.9. The van der Waals surface area contributed by atoms with E-state index in [0.717, 1.165) is 13.0 Å². The summed E-state index contributed by atoms with van der Waals surface area (Å²) in [6.45, 7) is 5.32. The van der Waals surface area contributed by atoms with Crippen molar-refractivity contribution in [1.29, 1.82) is 5.26 Å². The lowest BCUT2D eigenvalue weighted by Crippen LogP contribution is -2.30. The zero-order chi connectivity index (χ0) is 15.0. The number of nitriles is 1. The van der Waals surface area contributed by atoms with Crippen LogP contribution in [0.3, 0.4) is 0 Å². The standard InChI is InChI=1S/C14H21N3O2S/c1-12(2)16-8-3-9-17-20(18,19)11-14-6-4-13(10-15)5-7-14/h4-7,12,16-17H,3,8-9,11H2,1-2H3. The van der Waals surface area contributed by atoms with Crippen LogP contribution in [0.4, 0.5) is 0 Å². The van der Waals surface area contributed by atoms with Gasteiger partial charge in [-0.1, -0.05) is 26.0 Å². The molecular formula is C14H21N3O2S. The minimum absolute atomic E-state index is 0.0592. The fourth-order valence-corrected chi connectivity index (χ4v) is 2.84. The third kappa shape index (κ3) is 6.66. The predicted molar refractivity (Wildman–Crippen MR) is 79.5 cm³/mol. The zero-order valence-corrected chi connectivity index (χ0v) is 12.7. The molecule has 0 fully saturated rings. The second kappa shape index (κ2) is 8.00. The number of sulfonamides is 1. The quantitative estimate of drug-likeness (QED) is 0.710. The van der Waals surface area contributed by atoms with Gasteiger partial charge in [0.15, 0.2) is 0 Å². The van der Waals surface area contributed by atoms with Crippen molar-refractivity contribution in [3.63, 3.8) is 0 Å². The monoisotopic (exact) mass is 295 g/mol.